The Morgan fingerprint density at radius 3 is 2.33 bits per heavy atom. The Kier molecular flexibility index (Phi) is 4.62. The third-order valence-corrected chi connectivity index (χ3v) is 2.39. The first-order valence-corrected chi connectivity index (χ1v) is 5.55. The molecule has 1 rings (SSSR count). The summed E-state index contributed by atoms with van der Waals surface area (Å²) in [5.41, 5.74) is 0.121. The first-order valence-electron chi connectivity index (χ1n) is 5.55. The van der Waals surface area contributed by atoms with Crippen molar-refractivity contribution in [2.45, 2.75) is 32.9 Å². The average Bonchev–Trinajstić information content (AvgIpc) is 2.50. The Balaban J connectivity index is 2.51. The van der Waals surface area contributed by atoms with Gasteiger partial charge >= 0.3 is 5.69 Å². The summed E-state index contributed by atoms with van der Waals surface area (Å²) in [6.45, 7) is 4.73. The fraction of sp³-hybridized carbons (Fsp3) is 0.727. The lowest BCUT2D eigenvalue weighted by atomic mass is 10.4. The fourth-order valence-electron chi connectivity index (χ4n) is 1.59. The smallest absolute Gasteiger partial charge is 0.309 e. The molecule has 0 radical (unpaired) electrons. The lowest BCUT2D eigenvalue weighted by Gasteiger charge is -2.08. The highest BCUT2D eigenvalue weighted by atomic mass is 16.1. The molecule has 0 saturated heterocycles. The van der Waals surface area contributed by atoms with E-state index in [1.165, 1.54) is 0 Å². The first-order chi connectivity index (χ1) is 7.15. The normalized spacial score (nSPS) is 11.2. The molecule has 0 aliphatic rings. The van der Waals surface area contributed by atoms with Gasteiger partial charge < -0.3 is 4.90 Å². The topological polar surface area (TPSA) is 30.2 Å². The van der Waals surface area contributed by atoms with E-state index < -0.39 is 0 Å². The zero-order chi connectivity index (χ0) is 11.3. The molecule has 4 heteroatoms. The van der Waals surface area contributed by atoms with Gasteiger partial charge in [-0.05, 0) is 33.5 Å². The number of nitrogens with zero attached hydrogens (tertiary/aromatic N) is 3. The quantitative estimate of drug-likeness (QED) is 0.703. The van der Waals surface area contributed by atoms with Gasteiger partial charge in [0.05, 0.1) is 0 Å². The molecule has 0 saturated carbocycles. The third-order valence-electron chi connectivity index (χ3n) is 2.39. The maximum absolute atomic E-state index is 11.7. The van der Waals surface area contributed by atoms with E-state index in [4.69, 9.17) is 0 Å². The van der Waals surface area contributed by atoms with Crippen molar-refractivity contribution in [2.75, 3.05) is 20.6 Å². The Morgan fingerprint density at radius 1 is 1.20 bits per heavy atom. The summed E-state index contributed by atoms with van der Waals surface area (Å²) in [5, 5.41) is 0. The zero-order valence-corrected chi connectivity index (χ0v) is 9.94. The van der Waals surface area contributed by atoms with E-state index in [9.17, 15) is 4.79 Å². The van der Waals surface area contributed by atoms with Crippen LogP contribution in [0.25, 0.3) is 0 Å². The molecule has 0 bridgehead atoms. The number of hydrogen-bond donors (Lipinski definition) is 0. The van der Waals surface area contributed by atoms with E-state index in [1.807, 2.05) is 26.5 Å². The van der Waals surface area contributed by atoms with Gasteiger partial charge in [-0.1, -0.05) is 6.92 Å². The highest BCUT2D eigenvalue weighted by Crippen LogP contribution is 1.92. The second-order valence-corrected chi connectivity index (χ2v) is 4.12. The molecule has 4 nitrogen and oxygen atoms in total. The largest absolute Gasteiger partial charge is 0.328 e. The molecule has 1 aromatic heterocycles. The van der Waals surface area contributed by atoms with Crippen LogP contribution in [-0.4, -0.2) is 34.7 Å². The summed E-state index contributed by atoms with van der Waals surface area (Å²) in [4.78, 5) is 13.9. The molecule has 0 atom stereocenters. The standard InChI is InChI=1S/C11H21N3O/c1-4-6-13-9-10-14(11(13)15)8-5-7-12(2)3/h9-10H,4-8H2,1-3H3. The predicted octanol–water partition coefficient (Wildman–Crippen LogP) is 1.01. The van der Waals surface area contributed by atoms with Crippen molar-refractivity contribution < 1.29 is 0 Å². The van der Waals surface area contributed by atoms with Crippen molar-refractivity contribution in [3.05, 3.63) is 22.9 Å². The summed E-state index contributed by atoms with van der Waals surface area (Å²) >= 11 is 0. The van der Waals surface area contributed by atoms with Gasteiger partial charge in [-0.25, -0.2) is 4.79 Å². The van der Waals surface area contributed by atoms with Crippen molar-refractivity contribution in [1.82, 2.24) is 14.0 Å². The summed E-state index contributed by atoms with van der Waals surface area (Å²) < 4.78 is 3.56. The van der Waals surface area contributed by atoms with Crippen LogP contribution in [0.3, 0.4) is 0 Å². The summed E-state index contributed by atoms with van der Waals surface area (Å²) in [6.07, 6.45) is 5.78. The molecular formula is C11H21N3O. The maximum atomic E-state index is 11.7. The van der Waals surface area contributed by atoms with Crippen LogP contribution in [0.15, 0.2) is 17.2 Å². The molecule has 0 aliphatic heterocycles. The van der Waals surface area contributed by atoms with Crippen molar-refractivity contribution in [2.24, 2.45) is 0 Å². The third kappa shape index (κ3) is 3.55. The van der Waals surface area contributed by atoms with Gasteiger partial charge in [-0.15, -0.1) is 0 Å². The van der Waals surface area contributed by atoms with Crippen molar-refractivity contribution >= 4 is 0 Å². The molecule has 0 aliphatic carbocycles. The van der Waals surface area contributed by atoms with E-state index in [2.05, 4.69) is 11.8 Å². The number of hydrogen-bond acceptors (Lipinski definition) is 2. The number of rotatable bonds is 6. The summed E-state index contributed by atoms with van der Waals surface area (Å²) in [7, 11) is 4.09. The fourth-order valence-corrected chi connectivity index (χ4v) is 1.59. The number of aryl methyl sites for hydroxylation is 2. The Morgan fingerprint density at radius 2 is 1.80 bits per heavy atom. The number of imidazole rings is 1. The molecule has 0 N–H and O–H groups in total. The van der Waals surface area contributed by atoms with Gasteiger partial charge in [0.25, 0.3) is 0 Å². The first kappa shape index (κ1) is 12.0. The molecule has 86 valence electrons. The van der Waals surface area contributed by atoms with Crippen LogP contribution in [0.5, 0.6) is 0 Å². The molecule has 0 aromatic carbocycles. The Labute approximate surface area is 91.1 Å². The monoisotopic (exact) mass is 211 g/mol. The van der Waals surface area contributed by atoms with Crippen LogP contribution in [0.4, 0.5) is 0 Å². The van der Waals surface area contributed by atoms with Gasteiger partial charge in [-0.2, -0.15) is 0 Å². The van der Waals surface area contributed by atoms with E-state index in [0.29, 0.717) is 0 Å². The molecule has 0 unspecified atom stereocenters. The van der Waals surface area contributed by atoms with Crippen molar-refractivity contribution in [3.8, 4) is 0 Å². The van der Waals surface area contributed by atoms with Crippen molar-refractivity contribution in [1.29, 1.82) is 0 Å². The van der Waals surface area contributed by atoms with Crippen LogP contribution in [-0.2, 0) is 13.1 Å². The van der Waals surface area contributed by atoms with Crippen LogP contribution >= 0.6 is 0 Å². The van der Waals surface area contributed by atoms with Gasteiger partial charge in [-0.3, -0.25) is 9.13 Å². The average molecular weight is 211 g/mol. The highest BCUT2D eigenvalue weighted by Gasteiger charge is 2.01. The summed E-state index contributed by atoms with van der Waals surface area (Å²) in [5.74, 6) is 0. The minimum Gasteiger partial charge on any atom is -0.309 e. The van der Waals surface area contributed by atoms with Gasteiger partial charge in [0.1, 0.15) is 0 Å². The highest BCUT2D eigenvalue weighted by molar-refractivity contribution is 4.81. The maximum Gasteiger partial charge on any atom is 0.328 e. The predicted molar refractivity (Wildman–Crippen MR) is 62.2 cm³/mol. The Bertz CT molecular complexity index is 338. The zero-order valence-electron chi connectivity index (χ0n) is 9.94. The van der Waals surface area contributed by atoms with E-state index in [0.717, 1.165) is 32.5 Å². The van der Waals surface area contributed by atoms with Gasteiger partial charge in [0.2, 0.25) is 0 Å². The Hall–Kier alpha value is -1.03. The van der Waals surface area contributed by atoms with Gasteiger partial charge in [0.15, 0.2) is 0 Å². The molecule has 15 heavy (non-hydrogen) atoms. The molecule has 0 spiro atoms. The van der Waals surface area contributed by atoms with E-state index in [-0.39, 0.29) is 5.69 Å². The van der Waals surface area contributed by atoms with Crippen LogP contribution in [0, 0.1) is 0 Å². The minimum atomic E-state index is 0.121. The molecular weight excluding hydrogens is 190 g/mol. The summed E-state index contributed by atoms with van der Waals surface area (Å²) in [6, 6.07) is 0. The minimum absolute atomic E-state index is 0.121. The second-order valence-electron chi connectivity index (χ2n) is 4.12. The molecule has 1 aromatic rings. The molecule has 0 amide bonds. The van der Waals surface area contributed by atoms with Crippen LogP contribution < -0.4 is 5.69 Å². The van der Waals surface area contributed by atoms with E-state index in [1.54, 1.807) is 9.13 Å². The van der Waals surface area contributed by atoms with Gasteiger partial charge in [0, 0.05) is 25.5 Å². The molecule has 1 heterocycles. The SMILES string of the molecule is CCCn1ccn(CCCN(C)C)c1=O. The lowest BCUT2D eigenvalue weighted by Crippen LogP contribution is -2.25. The van der Waals surface area contributed by atoms with E-state index >= 15 is 0 Å². The molecule has 0 fully saturated rings. The lowest BCUT2D eigenvalue weighted by molar-refractivity contribution is 0.384. The number of aromatic nitrogens is 2. The van der Waals surface area contributed by atoms with Crippen molar-refractivity contribution in [3.63, 3.8) is 0 Å². The van der Waals surface area contributed by atoms with Crippen LogP contribution in [0.1, 0.15) is 19.8 Å². The van der Waals surface area contributed by atoms with Crippen LogP contribution in [0.2, 0.25) is 0 Å². The second kappa shape index (κ2) is 5.75.